The highest BCUT2D eigenvalue weighted by Gasteiger charge is 2.15. The Kier molecular flexibility index (Phi) is 5.28. The highest BCUT2D eigenvalue weighted by molar-refractivity contribution is 6.28. The number of fused-ring (bicyclic) bond motifs is 1. The Bertz CT molecular complexity index is 1310. The second-order valence-electron chi connectivity index (χ2n) is 6.06. The molecule has 2 N–H and O–H groups in total. The summed E-state index contributed by atoms with van der Waals surface area (Å²) in [7, 11) is 0. The fraction of sp³-hybridized carbons (Fsp3) is 0.0556. The van der Waals surface area contributed by atoms with E-state index in [2.05, 4.69) is 37.0 Å². The van der Waals surface area contributed by atoms with Gasteiger partial charge < -0.3 is 15.2 Å². The molecule has 156 valence electrons. The zero-order chi connectivity index (χ0) is 22.0. The van der Waals surface area contributed by atoms with E-state index >= 15 is 0 Å². The van der Waals surface area contributed by atoms with Gasteiger partial charge in [-0.2, -0.15) is 15.0 Å². The van der Waals surface area contributed by atoms with Crippen molar-refractivity contribution in [1.82, 2.24) is 29.9 Å². The Balaban J connectivity index is 1.65. The number of phenolic OH excluding ortho intramolecular Hbond substituents is 1. The van der Waals surface area contributed by atoms with Crippen LogP contribution in [-0.2, 0) is 0 Å². The van der Waals surface area contributed by atoms with Crippen LogP contribution >= 0.6 is 11.6 Å². The zero-order valence-electron chi connectivity index (χ0n) is 15.6. The first-order chi connectivity index (χ1) is 14.9. The quantitative estimate of drug-likeness (QED) is 0.248. The monoisotopic (exact) mass is 440 g/mol. The smallest absolute Gasteiger partial charge is 0.322 e. The van der Waals surface area contributed by atoms with Crippen LogP contribution in [0.15, 0.2) is 49.1 Å². The maximum Gasteiger partial charge on any atom is 0.322 e. The molecule has 0 unspecified atom stereocenters. The van der Waals surface area contributed by atoms with E-state index in [1.165, 1.54) is 18.2 Å². The Morgan fingerprint density at radius 1 is 1.19 bits per heavy atom. The maximum absolute atomic E-state index is 11.0. The largest absolute Gasteiger partial charge is 0.506 e. The molecule has 0 aliphatic carbocycles. The Labute approximate surface area is 179 Å². The van der Waals surface area contributed by atoms with Crippen LogP contribution < -0.4 is 10.1 Å². The van der Waals surface area contributed by atoms with E-state index in [1.807, 2.05) is 0 Å². The molecule has 0 fully saturated rings. The minimum atomic E-state index is -0.568. The number of ether oxygens (including phenoxy) is 1. The lowest BCUT2D eigenvalue weighted by molar-refractivity contribution is -0.384. The number of halogens is 1. The van der Waals surface area contributed by atoms with E-state index in [0.29, 0.717) is 16.7 Å². The Hall–Kier alpha value is -4.32. The number of benzene rings is 2. The maximum atomic E-state index is 11.0. The molecule has 0 aliphatic heterocycles. The summed E-state index contributed by atoms with van der Waals surface area (Å²) in [5.41, 5.74) is 1.41. The number of aromatic nitrogens is 6. The van der Waals surface area contributed by atoms with Crippen molar-refractivity contribution in [1.29, 1.82) is 0 Å². The molecule has 12 nitrogen and oxygen atoms in total. The van der Waals surface area contributed by atoms with Gasteiger partial charge in [0.25, 0.3) is 5.69 Å². The van der Waals surface area contributed by atoms with Crippen molar-refractivity contribution in [3.63, 3.8) is 0 Å². The summed E-state index contributed by atoms with van der Waals surface area (Å²) in [6.07, 6.45) is 1.54. The molecule has 0 radical (unpaired) electrons. The topological polar surface area (TPSA) is 154 Å². The number of rotatable bonds is 7. The van der Waals surface area contributed by atoms with Crippen molar-refractivity contribution in [2.45, 2.75) is 0 Å². The minimum absolute atomic E-state index is 0.0376. The van der Waals surface area contributed by atoms with E-state index in [9.17, 15) is 15.2 Å². The second-order valence-corrected chi connectivity index (χ2v) is 6.40. The van der Waals surface area contributed by atoms with Crippen molar-refractivity contribution in [3.05, 3.63) is 64.5 Å². The van der Waals surface area contributed by atoms with Crippen LogP contribution in [0, 0.1) is 10.1 Å². The van der Waals surface area contributed by atoms with Crippen molar-refractivity contribution >= 4 is 40.0 Å². The van der Waals surface area contributed by atoms with Gasteiger partial charge in [-0.3, -0.25) is 10.1 Å². The average molecular weight is 441 g/mol. The summed E-state index contributed by atoms with van der Waals surface area (Å²) in [6, 6.07) is 8.67. The van der Waals surface area contributed by atoms with E-state index in [0.717, 1.165) is 4.80 Å². The van der Waals surface area contributed by atoms with Gasteiger partial charge in [-0.25, -0.2) is 0 Å². The molecule has 0 amide bonds. The summed E-state index contributed by atoms with van der Waals surface area (Å²) in [5, 5.41) is 32.6. The van der Waals surface area contributed by atoms with Crippen molar-refractivity contribution < 1.29 is 14.8 Å². The van der Waals surface area contributed by atoms with Gasteiger partial charge >= 0.3 is 6.01 Å². The first kappa shape index (κ1) is 20.0. The van der Waals surface area contributed by atoms with Crippen molar-refractivity contribution in [3.8, 4) is 17.4 Å². The number of nitro groups is 1. The van der Waals surface area contributed by atoms with Crippen LogP contribution in [0.2, 0.25) is 5.28 Å². The molecule has 2 aromatic carbocycles. The lowest BCUT2D eigenvalue weighted by Gasteiger charge is -2.06. The fourth-order valence-corrected chi connectivity index (χ4v) is 2.75. The summed E-state index contributed by atoms with van der Waals surface area (Å²) in [5.74, 6) is -0.0433. The van der Waals surface area contributed by atoms with Crippen LogP contribution in [0.25, 0.3) is 16.7 Å². The molecule has 4 rings (SSSR count). The van der Waals surface area contributed by atoms with Crippen LogP contribution in [0.5, 0.6) is 11.8 Å². The summed E-state index contributed by atoms with van der Waals surface area (Å²) in [6.45, 7) is 3.76. The number of nitrogens with zero attached hydrogens (tertiary/aromatic N) is 7. The van der Waals surface area contributed by atoms with Crippen LogP contribution in [0.3, 0.4) is 0 Å². The molecule has 13 heteroatoms. The number of hydrogen-bond donors (Lipinski definition) is 2. The lowest BCUT2D eigenvalue weighted by atomic mass is 10.2. The highest BCUT2D eigenvalue weighted by atomic mass is 35.5. The summed E-state index contributed by atoms with van der Waals surface area (Å²) >= 11 is 5.91. The number of anilines is 2. The van der Waals surface area contributed by atoms with Gasteiger partial charge in [-0.05, 0) is 35.9 Å². The third kappa shape index (κ3) is 4.33. The fourth-order valence-electron chi connectivity index (χ4n) is 2.60. The first-order valence-electron chi connectivity index (χ1n) is 8.70. The van der Waals surface area contributed by atoms with Gasteiger partial charge in [0.05, 0.1) is 4.92 Å². The zero-order valence-corrected chi connectivity index (χ0v) is 16.4. The molecule has 0 spiro atoms. The van der Waals surface area contributed by atoms with Crippen molar-refractivity contribution in [2.75, 3.05) is 11.9 Å². The number of aromatic hydroxyl groups is 1. The lowest BCUT2D eigenvalue weighted by Crippen LogP contribution is -2.04. The molecular weight excluding hydrogens is 428 g/mol. The number of nitro benzene ring substituents is 1. The van der Waals surface area contributed by atoms with Crippen LogP contribution in [0.1, 0.15) is 0 Å². The number of non-ortho nitro benzene ring substituents is 1. The summed E-state index contributed by atoms with van der Waals surface area (Å²) < 4.78 is 5.27. The normalized spacial score (nSPS) is 10.7. The van der Waals surface area contributed by atoms with E-state index in [1.54, 1.807) is 24.3 Å². The van der Waals surface area contributed by atoms with Gasteiger partial charge in [-0.15, -0.1) is 15.0 Å². The van der Waals surface area contributed by atoms with Gasteiger partial charge in [-0.1, -0.05) is 12.7 Å². The van der Waals surface area contributed by atoms with Gasteiger partial charge in [0.2, 0.25) is 11.2 Å². The SMILES string of the molecule is C=CCOc1nc(Cl)nc(Nc2ccc3nn(-c4cc([N+](=O)[O-])ccc4O)nc3c2)n1. The molecule has 2 heterocycles. The van der Waals surface area contributed by atoms with E-state index < -0.39 is 4.92 Å². The van der Waals surface area contributed by atoms with Crippen molar-refractivity contribution in [2.24, 2.45) is 0 Å². The van der Waals surface area contributed by atoms with Gasteiger partial charge in [0.1, 0.15) is 29.1 Å². The molecule has 0 bridgehead atoms. The molecule has 4 aromatic rings. The Morgan fingerprint density at radius 3 is 2.77 bits per heavy atom. The molecule has 0 atom stereocenters. The first-order valence-corrected chi connectivity index (χ1v) is 9.08. The van der Waals surface area contributed by atoms with Gasteiger partial charge in [0.15, 0.2) is 0 Å². The van der Waals surface area contributed by atoms with E-state index in [-0.39, 0.29) is 41.0 Å². The number of nitrogens with one attached hydrogen (secondary N) is 1. The van der Waals surface area contributed by atoms with Crippen LogP contribution in [0.4, 0.5) is 17.3 Å². The predicted molar refractivity (Wildman–Crippen MR) is 111 cm³/mol. The highest BCUT2D eigenvalue weighted by Crippen LogP contribution is 2.27. The van der Waals surface area contributed by atoms with E-state index in [4.69, 9.17) is 16.3 Å². The number of phenols is 1. The molecule has 0 aliphatic rings. The summed E-state index contributed by atoms with van der Waals surface area (Å²) in [4.78, 5) is 23.5. The number of hydrogen-bond acceptors (Lipinski definition) is 10. The predicted octanol–water partition coefficient (Wildman–Crippen LogP) is 3.18. The average Bonchev–Trinajstić information content (AvgIpc) is 3.15. The molecular formula is C18H13ClN8O4. The third-order valence-corrected chi connectivity index (χ3v) is 4.11. The standard InChI is InChI=1S/C18H13ClN8O4/c1-2-7-31-18-22-16(19)21-17(23-18)20-10-3-5-12-13(8-10)25-26(24-12)14-9-11(27(29)30)4-6-15(14)28/h2-6,8-9,28H,1,7H2,(H,20,21,22,23). The third-order valence-electron chi connectivity index (χ3n) is 3.94. The minimum Gasteiger partial charge on any atom is -0.506 e. The molecule has 0 saturated carbocycles. The second kappa shape index (κ2) is 8.20. The molecule has 31 heavy (non-hydrogen) atoms. The van der Waals surface area contributed by atoms with Crippen LogP contribution in [-0.4, -0.2) is 46.6 Å². The van der Waals surface area contributed by atoms with Gasteiger partial charge in [0, 0.05) is 17.8 Å². The molecule has 0 saturated heterocycles. The molecule has 2 aromatic heterocycles. The Morgan fingerprint density at radius 2 is 2.00 bits per heavy atom.